The van der Waals surface area contributed by atoms with E-state index in [1.807, 2.05) is 0 Å². The first-order valence-electron chi connectivity index (χ1n) is 8.17. The third-order valence-electron chi connectivity index (χ3n) is 4.84. The fourth-order valence-corrected chi connectivity index (χ4v) is 3.56. The average molecular weight is 273 g/mol. The molecular weight excluding hydrogens is 246 g/mol. The van der Waals surface area contributed by atoms with E-state index in [1.54, 1.807) is 0 Å². The van der Waals surface area contributed by atoms with Crippen molar-refractivity contribution in [2.75, 3.05) is 13.6 Å². The van der Waals surface area contributed by atoms with E-state index in [-0.39, 0.29) is 0 Å². The lowest BCUT2D eigenvalue weighted by molar-refractivity contribution is 0.244. The Morgan fingerprint density at radius 1 is 1.20 bits per heavy atom. The Kier molecular flexibility index (Phi) is 4.30. The lowest BCUT2D eigenvalue weighted by Gasteiger charge is -2.35. The van der Waals surface area contributed by atoms with Crippen LogP contribution < -0.4 is 10.1 Å². The molecule has 0 aromatic heterocycles. The Hall–Kier alpha value is -1.02. The normalized spacial score (nSPS) is 30.2. The van der Waals surface area contributed by atoms with Gasteiger partial charge in [-0.25, -0.2) is 0 Å². The van der Waals surface area contributed by atoms with Gasteiger partial charge in [-0.05, 0) is 74.7 Å². The molecule has 0 amide bonds. The minimum atomic E-state index is 0.489. The molecule has 0 aliphatic heterocycles. The highest BCUT2D eigenvalue weighted by Gasteiger charge is 2.30. The van der Waals surface area contributed by atoms with Crippen molar-refractivity contribution < 1.29 is 4.74 Å². The molecule has 1 aromatic rings. The maximum atomic E-state index is 5.96. The van der Waals surface area contributed by atoms with E-state index in [0.717, 1.165) is 24.1 Å². The first-order valence-corrected chi connectivity index (χ1v) is 8.17. The van der Waals surface area contributed by atoms with Gasteiger partial charge in [0, 0.05) is 0 Å². The number of hydrogen-bond acceptors (Lipinski definition) is 2. The standard InChI is InChI=1S/C18H27NO/c1-13-6-7-15(12-19-2)18(10-13)14-4-3-5-17(11-14)20-16-8-9-16/h3-5,11,13,15-16,18-19H,6-10,12H2,1-2H3. The molecule has 0 radical (unpaired) electrons. The van der Waals surface area contributed by atoms with Crippen molar-refractivity contribution in [3.05, 3.63) is 29.8 Å². The minimum Gasteiger partial charge on any atom is -0.490 e. The van der Waals surface area contributed by atoms with Gasteiger partial charge in [-0.3, -0.25) is 0 Å². The van der Waals surface area contributed by atoms with Crippen molar-refractivity contribution in [1.29, 1.82) is 0 Å². The summed E-state index contributed by atoms with van der Waals surface area (Å²) in [5, 5.41) is 3.38. The molecule has 1 aromatic carbocycles. The van der Waals surface area contributed by atoms with Crippen molar-refractivity contribution >= 4 is 0 Å². The molecule has 2 fully saturated rings. The molecule has 3 atom stereocenters. The van der Waals surface area contributed by atoms with E-state index >= 15 is 0 Å². The topological polar surface area (TPSA) is 21.3 Å². The van der Waals surface area contributed by atoms with E-state index in [9.17, 15) is 0 Å². The van der Waals surface area contributed by atoms with E-state index in [4.69, 9.17) is 4.74 Å². The fourth-order valence-electron chi connectivity index (χ4n) is 3.56. The second-order valence-corrected chi connectivity index (χ2v) is 6.73. The Morgan fingerprint density at radius 3 is 2.80 bits per heavy atom. The van der Waals surface area contributed by atoms with Gasteiger partial charge in [0.15, 0.2) is 0 Å². The molecule has 0 saturated heterocycles. The van der Waals surface area contributed by atoms with Crippen LogP contribution in [0.2, 0.25) is 0 Å². The molecule has 110 valence electrons. The largest absolute Gasteiger partial charge is 0.490 e. The first kappa shape index (κ1) is 13.9. The molecule has 2 saturated carbocycles. The molecule has 3 rings (SSSR count). The maximum Gasteiger partial charge on any atom is 0.120 e. The van der Waals surface area contributed by atoms with Crippen LogP contribution in [-0.2, 0) is 0 Å². The van der Waals surface area contributed by atoms with E-state index in [1.165, 1.54) is 37.7 Å². The van der Waals surface area contributed by atoms with Gasteiger partial charge in [-0.1, -0.05) is 25.5 Å². The molecule has 0 bridgehead atoms. The molecule has 2 heteroatoms. The first-order chi connectivity index (χ1) is 9.76. The zero-order valence-corrected chi connectivity index (χ0v) is 12.8. The molecule has 2 aliphatic rings. The van der Waals surface area contributed by atoms with Crippen LogP contribution in [0, 0.1) is 11.8 Å². The molecule has 0 heterocycles. The zero-order valence-electron chi connectivity index (χ0n) is 12.8. The van der Waals surface area contributed by atoms with Crippen LogP contribution in [0.1, 0.15) is 50.5 Å². The molecule has 3 unspecified atom stereocenters. The summed E-state index contributed by atoms with van der Waals surface area (Å²) < 4.78 is 5.96. The number of benzene rings is 1. The van der Waals surface area contributed by atoms with Crippen molar-refractivity contribution in [2.24, 2.45) is 11.8 Å². The van der Waals surface area contributed by atoms with Gasteiger partial charge in [-0.2, -0.15) is 0 Å². The highest BCUT2D eigenvalue weighted by molar-refractivity contribution is 5.32. The van der Waals surface area contributed by atoms with Gasteiger partial charge in [0.25, 0.3) is 0 Å². The molecule has 2 nitrogen and oxygen atoms in total. The zero-order chi connectivity index (χ0) is 13.9. The number of hydrogen-bond donors (Lipinski definition) is 1. The predicted molar refractivity (Wildman–Crippen MR) is 83.3 cm³/mol. The lowest BCUT2D eigenvalue weighted by Crippen LogP contribution is -2.29. The van der Waals surface area contributed by atoms with Crippen molar-refractivity contribution in [1.82, 2.24) is 5.32 Å². The molecule has 20 heavy (non-hydrogen) atoms. The van der Waals surface area contributed by atoms with Crippen molar-refractivity contribution in [3.8, 4) is 5.75 Å². The Balaban J connectivity index is 1.76. The SMILES string of the molecule is CNCC1CCC(C)CC1c1cccc(OC2CC2)c1. The molecule has 1 N–H and O–H groups in total. The molecule has 0 spiro atoms. The second kappa shape index (κ2) is 6.17. The number of rotatable bonds is 5. The van der Waals surface area contributed by atoms with Gasteiger partial charge < -0.3 is 10.1 Å². The monoisotopic (exact) mass is 273 g/mol. The van der Waals surface area contributed by atoms with Crippen LogP contribution in [0.4, 0.5) is 0 Å². The Bertz CT molecular complexity index is 441. The summed E-state index contributed by atoms with van der Waals surface area (Å²) in [6.45, 7) is 3.53. The van der Waals surface area contributed by atoms with Gasteiger partial charge in [0.05, 0.1) is 6.10 Å². The predicted octanol–water partition coefficient (Wildman–Crippen LogP) is 3.97. The van der Waals surface area contributed by atoms with Crippen LogP contribution in [0.25, 0.3) is 0 Å². The van der Waals surface area contributed by atoms with Gasteiger partial charge in [-0.15, -0.1) is 0 Å². The smallest absolute Gasteiger partial charge is 0.120 e. The van der Waals surface area contributed by atoms with Crippen LogP contribution in [0.15, 0.2) is 24.3 Å². The Labute approximate surface area is 122 Å². The number of ether oxygens (including phenoxy) is 1. The summed E-state index contributed by atoms with van der Waals surface area (Å²) >= 11 is 0. The molecular formula is C18H27NO. The number of nitrogens with one attached hydrogen (secondary N) is 1. The summed E-state index contributed by atoms with van der Waals surface area (Å²) in [5.41, 5.74) is 1.48. The average Bonchev–Trinajstić information content (AvgIpc) is 3.25. The van der Waals surface area contributed by atoms with Crippen LogP contribution in [0.3, 0.4) is 0 Å². The summed E-state index contributed by atoms with van der Waals surface area (Å²) in [6, 6.07) is 8.87. The summed E-state index contributed by atoms with van der Waals surface area (Å²) in [4.78, 5) is 0. The quantitative estimate of drug-likeness (QED) is 0.876. The van der Waals surface area contributed by atoms with E-state index < -0.39 is 0 Å². The maximum absolute atomic E-state index is 5.96. The van der Waals surface area contributed by atoms with Crippen molar-refractivity contribution in [2.45, 2.75) is 51.0 Å². The van der Waals surface area contributed by atoms with E-state index in [2.05, 4.69) is 43.6 Å². The van der Waals surface area contributed by atoms with Gasteiger partial charge >= 0.3 is 0 Å². The lowest BCUT2D eigenvalue weighted by atomic mass is 9.71. The third kappa shape index (κ3) is 3.35. The highest BCUT2D eigenvalue weighted by atomic mass is 16.5. The van der Waals surface area contributed by atoms with Crippen LogP contribution >= 0.6 is 0 Å². The van der Waals surface area contributed by atoms with E-state index in [0.29, 0.717) is 12.0 Å². The summed E-state index contributed by atoms with van der Waals surface area (Å²) in [6.07, 6.45) is 6.99. The van der Waals surface area contributed by atoms with Gasteiger partial charge in [0.1, 0.15) is 5.75 Å². The highest BCUT2D eigenvalue weighted by Crippen LogP contribution is 2.41. The van der Waals surface area contributed by atoms with Crippen LogP contribution in [0.5, 0.6) is 5.75 Å². The third-order valence-corrected chi connectivity index (χ3v) is 4.84. The Morgan fingerprint density at radius 2 is 2.05 bits per heavy atom. The minimum absolute atomic E-state index is 0.489. The van der Waals surface area contributed by atoms with Crippen LogP contribution in [-0.4, -0.2) is 19.7 Å². The van der Waals surface area contributed by atoms with Gasteiger partial charge in [0.2, 0.25) is 0 Å². The second-order valence-electron chi connectivity index (χ2n) is 6.73. The molecule has 2 aliphatic carbocycles. The summed E-state index contributed by atoms with van der Waals surface area (Å²) in [7, 11) is 2.07. The summed E-state index contributed by atoms with van der Waals surface area (Å²) in [5.74, 6) is 3.38. The van der Waals surface area contributed by atoms with Crippen molar-refractivity contribution in [3.63, 3.8) is 0 Å². The fraction of sp³-hybridized carbons (Fsp3) is 0.667.